The maximum absolute atomic E-state index is 12.9. The van der Waals surface area contributed by atoms with Gasteiger partial charge in [0.2, 0.25) is 5.91 Å². The zero-order chi connectivity index (χ0) is 20.9. The fourth-order valence-corrected chi connectivity index (χ4v) is 3.55. The van der Waals surface area contributed by atoms with Crippen LogP contribution in [0.2, 0.25) is 0 Å². The van der Waals surface area contributed by atoms with E-state index in [1.54, 1.807) is 12.1 Å². The number of likely N-dealkylation sites (tertiary alicyclic amines) is 1. The number of nitrogens with one attached hydrogen (secondary N) is 3. The largest absolute Gasteiger partial charge is 0.354 e. The van der Waals surface area contributed by atoms with Gasteiger partial charge in [0.15, 0.2) is 0 Å². The SMILES string of the molecule is CCCC(NC(=O)NCc1ccc(F)cc1)C(=O)NCCCN1CCCCCC1. The van der Waals surface area contributed by atoms with Crippen LogP contribution in [0.4, 0.5) is 9.18 Å². The van der Waals surface area contributed by atoms with Gasteiger partial charge in [-0.2, -0.15) is 0 Å². The highest BCUT2D eigenvalue weighted by Crippen LogP contribution is 2.09. The van der Waals surface area contributed by atoms with Crippen LogP contribution in [0.5, 0.6) is 0 Å². The van der Waals surface area contributed by atoms with Gasteiger partial charge in [-0.05, 0) is 63.0 Å². The first-order valence-electron chi connectivity index (χ1n) is 10.9. The molecule has 1 fully saturated rings. The summed E-state index contributed by atoms with van der Waals surface area (Å²) in [5.74, 6) is -0.451. The molecule has 1 aromatic carbocycles. The van der Waals surface area contributed by atoms with Gasteiger partial charge in [0, 0.05) is 13.1 Å². The number of urea groups is 1. The first-order chi connectivity index (χ1) is 14.1. The molecule has 1 atom stereocenters. The molecule has 1 saturated heterocycles. The van der Waals surface area contributed by atoms with Crippen LogP contribution in [0.25, 0.3) is 0 Å². The second kappa shape index (κ2) is 13.1. The van der Waals surface area contributed by atoms with Gasteiger partial charge in [-0.25, -0.2) is 9.18 Å². The van der Waals surface area contributed by atoms with Gasteiger partial charge in [-0.15, -0.1) is 0 Å². The minimum atomic E-state index is -0.550. The van der Waals surface area contributed by atoms with E-state index >= 15 is 0 Å². The van der Waals surface area contributed by atoms with Crippen molar-refractivity contribution in [2.75, 3.05) is 26.2 Å². The Hall–Kier alpha value is -2.15. The molecule has 1 aliphatic heterocycles. The Morgan fingerprint density at radius 2 is 1.76 bits per heavy atom. The number of nitrogens with zero attached hydrogens (tertiary/aromatic N) is 1. The lowest BCUT2D eigenvalue weighted by atomic mass is 10.1. The highest BCUT2D eigenvalue weighted by atomic mass is 19.1. The van der Waals surface area contributed by atoms with Crippen molar-refractivity contribution < 1.29 is 14.0 Å². The zero-order valence-electron chi connectivity index (χ0n) is 17.5. The lowest BCUT2D eigenvalue weighted by Crippen LogP contribution is -2.50. The molecule has 0 aliphatic carbocycles. The van der Waals surface area contributed by atoms with Gasteiger partial charge < -0.3 is 20.9 Å². The van der Waals surface area contributed by atoms with Crippen molar-refractivity contribution in [3.63, 3.8) is 0 Å². The Balaban J connectivity index is 1.68. The predicted molar refractivity (Wildman–Crippen MR) is 113 cm³/mol. The minimum Gasteiger partial charge on any atom is -0.354 e. The Morgan fingerprint density at radius 3 is 2.41 bits per heavy atom. The molecule has 162 valence electrons. The second-order valence-corrected chi connectivity index (χ2v) is 7.70. The predicted octanol–water partition coefficient (Wildman–Crippen LogP) is 3.18. The number of hydrogen-bond donors (Lipinski definition) is 3. The molecule has 1 heterocycles. The number of benzene rings is 1. The van der Waals surface area contributed by atoms with E-state index in [9.17, 15) is 14.0 Å². The maximum atomic E-state index is 12.9. The third kappa shape index (κ3) is 9.26. The van der Waals surface area contributed by atoms with Crippen LogP contribution in [0.1, 0.15) is 57.4 Å². The van der Waals surface area contributed by atoms with E-state index in [0.29, 0.717) is 13.0 Å². The van der Waals surface area contributed by atoms with Crippen molar-refractivity contribution >= 4 is 11.9 Å². The summed E-state index contributed by atoms with van der Waals surface area (Å²) in [5, 5.41) is 8.43. The average molecular weight is 407 g/mol. The fraction of sp³-hybridized carbons (Fsp3) is 0.636. The van der Waals surface area contributed by atoms with E-state index in [0.717, 1.165) is 38.0 Å². The van der Waals surface area contributed by atoms with Crippen LogP contribution in [0.15, 0.2) is 24.3 Å². The summed E-state index contributed by atoms with van der Waals surface area (Å²) in [6.07, 6.45) is 7.47. The Kier molecular flexibility index (Phi) is 10.5. The molecular weight excluding hydrogens is 371 g/mol. The van der Waals surface area contributed by atoms with Gasteiger partial charge in [0.1, 0.15) is 11.9 Å². The Bertz CT molecular complexity index is 616. The summed E-state index contributed by atoms with van der Waals surface area (Å²) < 4.78 is 12.9. The lowest BCUT2D eigenvalue weighted by Gasteiger charge is -2.21. The molecule has 3 amide bonds. The molecule has 1 aliphatic rings. The van der Waals surface area contributed by atoms with Gasteiger partial charge in [-0.3, -0.25) is 4.79 Å². The quantitative estimate of drug-likeness (QED) is 0.523. The molecule has 0 radical (unpaired) electrons. The van der Waals surface area contributed by atoms with E-state index in [1.165, 1.54) is 37.8 Å². The molecule has 1 unspecified atom stereocenters. The molecule has 7 heteroatoms. The standard InChI is InChI=1S/C22H35FN4O2/c1-2-8-20(26-22(29)25-17-18-9-11-19(23)12-10-18)21(28)24-13-7-16-27-14-5-3-4-6-15-27/h9-12,20H,2-8,13-17H2,1H3,(H,24,28)(H2,25,26,29). The van der Waals surface area contributed by atoms with Crippen molar-refractivity contribution in [1.29, 1.82) is 0 Å². The topological polar surface area (TPSA) is 73.5 Å². The summed E-state index contributed by atoms with van der Waals surface area (Å²) in [5.41, 5.74) is 0.798. The monoisotopic (exact) mass is 406 g/mol. The van der Waals surface area contributed by atoms with E-state index in [-0.39, 0.29) is 18.3 Å². The number of hydrogen-bond acceptors (Lipinski definition) is 3. The van der Waals surface area contributed by atoms with Crippen LogP contribution < -0.4 is 16.0 Å². The second-order valence-electron chi connectivity index (χ2n) is 7.70. The smallest absolute Gasteiger partial charge is 0.315 e. The van der Waals surface area contributed by atoms with Gasteiger partial charge in [0.05, 0.1) is 0 Å². The molecule has 0 spiro atoms. The summed E-state index contributed by atoms with van der Waals surface area (Å²) in [7, 11) is 0. The van der Waals surface area contributed by atoms with E-state index in [1.807, 2.05) is 6.92 Å². The van der Waals surface area contributed by atoms with Gasteiger partial charge in [0.25, 0.3) is 0 Å². The highest BCUT2D eigenvalue weighted by molar-refractivity contribution is 5.86. The van der Waals surface area contributed by atoms with Crippen LogP contribution in [0.3, 0.4) is 0 Å². The van der Waals surface area contributed by atoms with Crippen molar-refractivity contribution in [3.05, 3.63) is 35.6 Å². The summed E-state index contributed by atoms with van der Waals surface area (Å²) in [4.78, 5) is 27.1. The third-order valence-corrected chi connectivity index (χ3v) is 5.21. The van der Waals surface area contributed by atoms with Crippen molar-refractivity contribution in [2.45, 2.75) is 64.5 Å². The first-order valence-corrected chi connectivity index (χ1v) is 10.9. The summed E-state index contributed by atoms with van der Waals surface area (Å²) in [6, 6.07) is 5.01. The Morgan fingerprint density at radius 1 is 1.07 bits per heavy atom. The molecule has 0 saturated carbocycles. The van der Waals surface area contributed by atoms with Crippen LogP contribution >= 0.6 is 0 Å². The minimum absolute atomic E-state index is 0.139. The normalized spacial score (nSPS) is 15.9. The Labute approximate surface area is 173 Å². The van der Waals surface area contributed by atoms with E-state index in [4.69, 9.17) is 0 Å². The number of rotatable bonds is 10. The molecule has 2 rings (SSSR count). The van der Waals surface area contributed by atoms with E-state index in [2.05, 4.69) is 20.9 Å². The van der Waals surface area contributed by atoms with Crippen LogP contribution in [-0.2, 0) is 11.3 Å². The molecule has 0 bridgehead atoms. The van der Waals surface area contributed by atoms with E-state index < -0.39 is 12.1 Å². The highest BCUT2D eigenvalue weighted by Gasteiger charge is 2.19. The third-order valence-electron chi connectivity index (χ3n) is 5.21. The number of carbonyl (C=O) groups excluding carboxylic acids is 2. The zero-order valence-corrected chi connectivity index (χ0v) is 17.5. The van der Waals surface area contributed by atoms with Gasteiger partial charge >= 0.3 is 6.03 Å². The van der Waals surface area contributed by atoms with Crippen LogP contribution in [-0.4, -0.2) is 49.1 Å². The maximum Gasteiger partial charge on any atom is 0.315 e. The number of carbonyl (C=O) groups is 2. The molecule has 1 aromatic rings. The van der Waals surface area contributed by atoms with Crippen molar-refractivity contribution in [1.82, 2.24) is 20.9 Å². The average Bonchev–Trinajstić information content (AvgIpc) is 2.99. The molecule has 6 nitrogen and oxygen atoms in total. The fourth-order valence-electron chi connectivity index (χ4n) is 3.55. The van der Waals surface area contributed by atoms with Crippen molar-refractivity contribution in [2.24, 2.45) is 0 Å². The molecule has 29 heavy (non-hydrogen) atoms. The van der Waals surface area contributed by atoms with Crippen molar-refractivity contribution in [3.8, 4) is 0 Å². The lowest BCUT2D eigenvalue weighted by molar-refractivity contribution is -0.123. The molecule has 0 aromatic heterocycles. The first kappa shape index (κ1) is 23.1. The number of amides is 3. The van der Waals surface area contributed by atoms with Crippen LogP contribution in [0, 0.1) is 5.82 Å². The summed E-state index contributed by atoms with van der Waals surface area (Å²) >= 11 is 0. The molecular formula is C22H35FN4O2. The van der Waals surface area contributed by atoms with Gasteiger partial charge in [-0.1, -0.05) is 38.3 Å². The summed E-state index contributed by atoms with van der Waals surface area (Å²) in [6.45, 7) is 6.20. The molecule has 3 N–H and O–H groups in total. The number of halogens is 1.